The van der Waals surface area contributed by atoms with Gasteiger partial charge in [0.2, 0.25) is 0 Å². The molecule has 3 N–H and O–H groups in total. The molecule has 0 radical (unpaired) electrons. The number of carbonyl (C=O) groups excluding carboxylic acids is 1. The Morgan fingerprint density at radius 1 is 1.27 bits per heavy atom. The van der Waals surface area contributed by atoms with E-state index in [1.165, 1.54) is 25.7 Å². The van der Waals surface area contributed by atoms with E-state index in [0.717, 1.165) is 6.42 Å². The van der Waals surface area contributed by atoms with Crippen LogP contribution in [0.3, 0.4) is 0 Å². The molecule has 0 unspecified atom stereocenters. The second-order valence-corrected chi connectivity index (χ2v) is 2.91. The Morgan fingerprint density at radius 2 is 1.73 bits per heavy atom. The van der Waals surface area contributed by atoms with Crippen molar-refractivity contribution in [1.29, 1.82) is 0 Å². The van der Waals surface area contributed by atoms with E-state index in [1.54, 1.807) is 0 Å². The van der Waals surface area contributed by atoms with E-state index in [2.05, 4.69) is 12.7 Å². The van der Waals surface area contributed by atoms with Crippen LogP contribution in [0.4, 0.5) is 0 Å². The van der Waals surface area contributed by atoms with Crippen LogP contribution in [0.1, 0.15) is 45.4 Å². The zero-order chi connectivity index (χ0) is 11.2. The van der Waals surface area contributed by atoms with Crippen molar-refractivity contribution in [2.75, 3.05) is 6.54 Å². The third kappa shape index (κ3) is 31.3. The number of rotatable bonds is 7. The molecule has 0 aliphatic rings. The molecular weight excluding hydrogens is 221 g/mol. The van der Waals surface area contributed by atoms with Gasteiger partial charge in [0.25, 0.3) is 0 Å². The second kappa shape index (κ2) is 20.2. The van der Waals surface area contributed by atoms with Crippen molar-refractivity contribution in [3.05, 3.63) is 0 Å². The van der Waals surface area contributed by atoms with Gasteiger partial charge in [-0.05, 0) is 0 Å². The summed E-state index contributed by atoms with van der Waals surface area (Å²) in [5.74, 6) is -0.968. The monoisotopic (exact) mass is 241 g/mol. The number of nitrogens with two attached hydrogens (primary N) is 1. The number of carbonyl (C=O) groups is 1. The van der Waals surface area contributed by atoms with E-state index in [1.807, 2.05) is 6.29 Å². The molecule has 0 aliphatic heterocycles. The molecular formula is C10H20KNO3. The van der Waals surface area contributed by atoms with Crippen molar-refractivity contribution >= 4 is 12.3 Å². The molecule has 0 spiro atoms. The average molecular weight is 241 g/mol. The summed E-state index contributed by atoms with van der Waals surface area (Å²) in [6.45, 7) is 1.91. The van der Waals surface area contributed by atoms with Crippen LogP contribution in [-0.4, -0.2) is 23.9 Å². The van der Waals surface area contributed by atoms with Crippen molar-refractivity contribution in [1.82, 2.24) is 0 Å². The number of hydrogen-bond acceptors (Lipinski definition) is 3. The summed E-state index contributed by atoms with van der Waals surface area (Å²) in [5.41, 5.74) is 4.57. The molecule has 0 aromatic carbocycles. The molecule has 4 nitrogen and oxygen atoms in total. The van der Waals surface area contributed by atoms with E-state index >= 15 is 0 Å². The molecule has 0 rings (SSSR count). The first-order valence-corrected chi connectivity index (χ1v) is 4.95. The molecule has 0 saturated carbocycles. The molecule has 0 atom stereocenters. The van der Waals surface area contributed by atoms with Crippen molar-refractivity contribution < 1.29 is 66.1 Å². The van der Waals surface area contributed by atoms with Gasteiger partial charge in [-0.2, -0.15) is 6.42 Å². The fourth-order valence-electron chi connectivity index (χ4n) is 0.801. The van der Waals surface area contributed by atoms with E-state index in [9.17, 15) is 9.59 Å². The minimum atomic E-state index is -0.968. The minimum Gasteiger partial charge on any atom is -0.542 e. The van der Waals surface area contributed by atoms with Gasteiger partial charge >= 0.3 is 57.4 Å². The van der Waals surface area contributed by atoms with Crippen LogP contribution >= 0.6 is 0 Å². The summed E-state index contributed by atoms with van der Waals surface area (Å²) in [6.07, 6.45) is 8.60. The molecule has 15 heavy (non-hydrogen) atoms. The van der Waals surface area contributed by atoms with Crippen LogP contribution in [0.15, 0.2) is 0 Å². The molecule has 0 aromatic heterocycles. The quantitative estimate of drug-likeness (QED) is 0.323. The van der Waals surface area contributed by atoms with Crippen LogP contribution in [0.2, 0.25) is 0 Å². The van der Waals surface area contributed by atoms with E-state index in [4.69, 9.17) is 5.11 Å². The molecule has 84 valence electrons. The first kappa shape index (κ1) is 21.1. The Morgan fingerprint density at radius 3 is 2.07 bits per heavy atom. The normalized spacial score (nSPS) is 8.13. The van der Waals surface area contributed by atoms with Crippen LogP contribution in [0.5, 0.6) is 0 Å². The van der Waals surface area contributed by atoms with Crippen LogP contribution in [0, 0.1) is 0 Å². The van der Waals surface area contributed by atoms with Gasteiger partial charge in [-0.15, -0.1) is 0 Å². The SMILES string of the molecule is CCCCCCC[C-]=O.NCC(=O)O.[K+]. The Labute approximate surface area is 134 Å². The Kier molecular flexibility index (Phi) is 28.4. The van der Waals surface area contributed by atoms with E-state index in [0.29, 0.717) is 6.42 Å². The molecule has 0 bridgehead atoms. The van der Waals surface area contributed by atoms with Crippen molar-refractivity contribution in [2.24, 2.45) is 5.73 Å². The predicted molar refractivity (Wildman–Crippen MR) is 55.8 cm³/mol. The summed E-state index contributed by atoms with van der Waals surface area (Å²) in [4.78, 5) is 19.0. The third-order valence-electron chi connectivity index (χ3n) is 1.56. The van der Waals surface area contributed by atoms with E-state index in [-0.39, 0.29) is 57.9 Å². The van der Waals surface area contributed by atoms with Gasteiger partial charge in [0, 0.05) is 0 Å². The van der Waals surface area contributed by atoms with Gasteiger partial charge in [-0.3, -0.25) is 11.1 Å². The zero-order valence-corrected chi connectivity index (χ0v) is 12.9. The Bertz CT molecular complexity index is 143. The maximum absolute atomic E-state index is 9.71. The van der Waals surface area contributed by atoms with Gasteiger partial charge < -0.3 is 15.6 Å². The molecule has 0 heterocycles. The van der Waals surface area contributed by atoms with Crippen molar-refractivity contribution in [2.45, 2.75) is 45.4 Å². The Hall–Kier alpha value is 0.736. The fraction of sp³-hybridized carbons (Fsp3) is 0.800. The zero-order valence-electron chi connectivity index (χ0n) is 9.79. The maximum Gasteiger partial charge on any atom is 1.00 e. The second-order valence-electron chi connectivity index (χ2n) is 2.91. The average Bonchev–Trinajstić information content (AvgIpc) is 2.19. The summed E-state index contributed by atoms with van der Waals surface area (Å²) in [5, 5.41) is 7.60. The first-order valence-electron chi connectivity index (χ1n) is 4.95. The molecule has 0 aliphatic carbocycles. The smallest absolute Gasteiger partial charge is 0.542 e. The number of aliphatic carboxylic acids is 1. The third-order valence-corrected chi connectivity index (χ3v) is 1.56. The standard InChI is InChI=1S/C8H15O.C2H5NO2.K/c1-2-3-4-5-6-7-8-9;3-1-2(4)5;/h2-7H2,1H3;1,3H2,(H,4,5);/q-1;;+1. The largest absolute Gasteiger partial charge is 1.00 e. The summed E-state index contributed by atoms with van der Waals surface area (Å²) >= 11 is 0. The summed E-state index contributed by atoms with van der Waals surface area (Å²) < 4.78 is 0. The van der Waals surface area contributed by atoms with Gasteiger partial charge in [-0.25, -0.2) is 0 Å². The summed E-state index contributed by atoms with van der Waals surface area (Å²) in [7, 11) is 0. The van der Waals surface area contributed by atoms with E-state index < -0.39 is 5.97 Å². The van der Waals surface area contributed by atoms with Crippen LogP contribution in [-0.2, 0) is 9.59 Å². The topological polar surface area (TPSA) is 80.4 Å². The number of carboxylic acids is 1. The van der Waals surface area contributed by atoms with Gasteiger partial charge in [0.1, 0.15) is 0 Å². The van der Waals surface area contributed by atoms with Gasteiger partial charge in [-0.1, -0.05) is 39.0 Å². The van der Waals surface area contributed by atoms with Gasteiger partial charge in [0.15, 0.2) is 0 Å². The van der Waals surface area contributed by atoms with Gasteiger partial charge in [0.05, 0.1) is 6.54 Å². The first-order chi connectivity index (χ1) is 6.68. The number of unbranched alkanes of at least 4 members (excludes halogenated alkanes) is 5. The molecule has 0 fully saturated rings. The number of hydrogen-bond donors (Lipinski definition) is 2. The molecule has 0 aromatic rings. The minimum absolute atomic E-state index is 0. The van der Waals surface area contributed by atoms with Crippen molar-refractivity contribution in [3.63, 3.8) is 0 Å². The molecule has 0 amide bonds. The molecule has 5 heteroatoms. The molecule has 0 saturated heterocycles. The summed E-state index contributed by atoms with van der Waals surface area (Å²) in [6, 6.07) is 0. The van der Waals surface area contributed by atoms with Crippen LogP contribution in [0.25, 0.3) is 0 Å². The predicted octanol–water partition coefficient (Wildman–Crippen LogP) is -1.51. The maximum atomic E-state index is 9.71. The Balaban J connectivity index is -0.000000208. The van der Waals surface area contributed by atoms with Crippen LogP contribution < -0.4 is 57.1 Å². The fourth-order valence-corrected chi connectivity index (χ4v) is 0.801. The van der Waals surface area contributed by atoms with Crippen molar-refractivity contribution in [3.8, 4) is 0 Å². The number of carboxylic acid groups (broad SMARTS) is 1.